The van der Waals surface area contributed by atoms with E-state index >= 15 is 0 Å². The third-order valence-corrected chi connectivity index (χ3v) is 1.52. The SMILES string of the molecule is OC[C@@H](O)CNCCc1ncon1. The maximum atomic E-state index is 8.95. The van der Waals surface area contributed by atoms with E-state index in [1.54, 1.807) is 0 Å². The first-order chi connectivity index (χ1) is 6.33. The molecule has 1 heterocycles. The van der Waals surface area contributed by atoms with E-state index < -0.39 is 6.10 Å². The molecule has 3 N–H and O–H groups in total. The van der Waals surface area contributed by atoms with Crippen molar-refractivity contribution in [1.82, 2.24) is 15.5 Å². The van der Waals surface area contributed by atoms with E-state index in [2.05, 4.69) is 20.0 Å². The second-order valence-electron chi connectivity index (χ2n) is 2.64. The monoisotopic (exact) mass is 187 g/mol. The van der Waals surface area contributed by atoms with Crippen LogP contribution in [-0.2, 0) is 6.42 Å². The lowest BCUT2D eigenvalue weighted by Gasteiger charge is -2.06. The predicted molar refractivity (Wildman–Crippen MR) is 44.0 cm³/mol. The average Bonchev–Trinajstić information content (AvgIpc) is 2.64. The fourth-order valence-electron chi connectivity index (χ4n) is 0.836. The van der Waals surface area contributed by atoms with Crippen LogP contribution in [0.3, 0.4) is 0 Å². The number of nitrogens with one attached hydrogen (secondary N) is 1. The van der Waals surface area contributed by atoms with Gasteiger partial charge in [0.05, 0.1) is 12.7 Å². The quantitative estimate of drug-likeness (QED) is 0.472. The molecule has 0 bridgehead atoms. The molecule has 1 aromatic rings. The van der Waals surface area contributed by atoms with Crippen molar-refractivity contribution in [1.29, 1.82) is 0 Å². The lowest BCUT2D eigenvalue weighted by atomic mass is 10.3. The second-order valence-corrected chi connectivity index (χ2v) is 2.64. The molecule has 0 radical (unpaired) electrons. The van der Waals surface area contributed by atoms with Gasteiger partial charge in [0.15, 0.2) is 5.82 Å². The van der Waals surface area contributed by atoms with E-state index in [-0.39, 0.29) is 6.61 Å². The highest BCUT2D eigenvalue weighted by Crippen LogP contribution is 1.87. The molecule has 0 unspecified atom stereocenters. The second kappa shape index (κ2) is 5.63. The number of aromatic nitrogens is 2. The standard InChI is InChI=1S/C7H13N3O3/c11-4-6(12)3-8-2-1-7-9-5-13-10-7/h5-6,8,11-12H,1-4H2/t6-/m0/s1. The molecule has 13 heavy (non-hydrogen) atoms. The van der Waals surface area contributed by atoms with Gasteiger partial charge in [-0.25, -0.2) is 0 Å². The molecule has 0 amide bonds. The molecule has 0 aromatic carbocycles. The van der Waals surface area contributed by atoms with E-state index in [9.17, 15) is 0 Å². The summed E-state index contributed by atoms with van der Waals surface area (Å²) in [6.45, 7) is 0.792. The van der Waals surface area contributed by atoms with Crippen LogP contribution in [0.2, 0.25) is 0 Å². The molecule has 0 saturated heterocycles. The Morgan fingerprint density at radius 1 is 1.62 bits per heavy atom. The lowest BCUT2D eigenvalue weighted by molar-refractivity contribution is 0.0946. The van der Waals surface area contributed by atoms with Crippen molar-refractivity contribution >= 4 is 0 Å². The molecule has 74 valence electrons. The highest BCUT2D eigenvalue weighted by atomic mass is 16.5. The molecule has 1 aromatic heterocycles. The minimum absolute atomic E-state index is 0.227. The Balaban J connectivity index is 2.02. The van der Waals surface area contributed by atoms with E-state index in [0.717, 1.165) is 0 Å². The zero-order chi connectivity index (χ0) is 9.52. The van der Waals surface area contributed by atoms with Crippen molar-refractivity contribution in [2.75, 3.05) is 19.7 Å². The van der Waals surface area contributed by atoms with Gasteiger partial charge in [0.2, 0.25) is 6.39 Å². The van der Waals surface area contributed by atoms with Gasteiger partial charge in [0.25, 0.3) is 0 Å². The van der Waals surface area contributed by atoms with Crippen molar-refractivity contribution in [2.45, 2.75) is 12.5 Å². The van der Waals surface area contributed by atoms with E-state index in [4.69, 9.17) is 10.2 Å². The highest BCUT2D eigenvalue weighted by molar-refractivity contribution is 4.78. The third-order valence-electron chi connectivity index (χ3n) is 1.52. The fraction of sp³-hybridized carbons (Fsp3) is 0.714. The Hall–Kier alpha value is -0.980. The zero-order valence-corrected chi connectivity index (χ0v) is 7.18. The van der Waals surface area contributed by atoms with Crippen LogP contribution in [0.4, 0.5) is 0 Å². The first-order valence-electron chi connectivity index (χ1n) is 4.08. The van der Waals surface area contributed by atoms with Gasteiger partial charge in [0, 0.05) is 19.5 Å². The number of hydrogen-bond donors (Lipinski definition) is 3. The van der Waals surface area contributed by atoms with Crippen molar-refractivity contribution in [3.05, 3.63) is 12.2 Å². The maximum Gasteiger partial charge on any atom is 0.213 e. The van der Waals surface area contributed by atoms with Gasteiger partial charge in [-0.2, -0.15) is 4.98 Å². The molecule has 0 fully saturated rings. The van der Waals surface area contributed by atoms with Crippen LogP contribution in [-0.4, -0.2) is 46.2 Å². The average molecular weight is 187 g/mol. The molecule has 1 rings (SSSR count). The molecular formula is C7H13N3O3. The molecule has 6 heteroatoms. The molecule has 1 atom stereocenters. The highest BCUT2D eigenvalue weighted by Gasteiger charge is 2.01. The van der Waals surface area contributed by atoms with Gasteiger partial charge in [-0.05, 0) is 0 Å². The summed E-state index contributed by atoms with van der Waals surface area (Å²) in [6, 6.07) is 0. The molecule has 0 spiro atoms. The van der Waals surface area contributed by atoms with Gasteiger partial charge >= 0.3 is 0 Å². The first-order valence-corrected chi connectivity index (χ1v) is 4.08. The summed E-state index contributed by atoms with van der Waals surface area (Å²) >= 11 is 0. The minimum atomic E-state index is -0.703. The summed E-state index contributed by atoms with van der Waals surface area (Å²) in [5.41, 5.74) is 0. The molecule has 0 aliphatic heterocycles. The van der Waals surface area contributed by atoms with Crippen LogP contribution in [0.15, 0.2) is 10.9 Å². The van der Waals surface area contributed by atoms with Gasteiger partial charge < -0.3 is 20.1 Å². The van der Waals surface area contributed by atoms with Crippen molar-refractivity contribution in [2.24, 2.45) is 0 Å². The Morgan fingerprint density at radius 2 is 2.46 bits per heavy atom. The summed E-state index contributed by atoms with van der Waals surface area (Å²) in [4.78, 5) is 3.82. The topological polar surface area (TPSA) is 91.4 Å². The number of aliphatic hydroxyl groups is 2. The number of nitrogens with zero attached hydrogens (tertiary/aromatic N) is 2. The normalized spacial score (nSPS) is 13.1. The van der Waals surface area contributed by atoms with Crippen molar-refractivity contribution in [3.8, 4) is 0 Å². The Kier molecular flexibility index (Phi) is 4.37. The summed E-state index contributed by atoms with van der Waals surface area (Å²) in [5.74, 6) is 0.631. The smallest absolute Gasteiger partial charge is 0.213 e. The number of hydrogen-bond acceptors (Lipinski definition) is 6. The molecule has 6 nitrogen and oxygen atoms in total. The largest absolute Gasteiger partial charge is 0.394 e. The predicted octanol–water partition coefficient (Wildman–Crippen LogP) is -1.45. The van der Waals surface area contributed by atoms with Crippen LogP contribution < -0.4 is 5.32 Å². The van der Waals surface area contributed by atoms with Crippen molar-refractivity contribution < 1.29 is 14.7 Å². The van der Waals surface area contributed by atoms with E-state index in [0.29, 0.717) is 25.3 Å². The van der Waals surface area contributed by atoms with Crippen LogP contribution >= 0.6 is 0 Å². The van der Waals surface area contributed by atoms with Crippen molar-refractivity contribution in [3.63, 3.8) is 0 Å². The summed E-state index contributed by atoms with van der Waals surface area (Å²) in [5, 5.41) is 24.0. The summed E-state index contributed by atoms with van der Waals surface area (Å²) in [6.07, 6.45) is 1.22. The summed E-state index contributed by atoms with van der Waals surface area (Å²) in [7, 11) is 0. The number of rotatable bonds is 6. The minimum Gasteiger partial charge on any atom is -0.394 e. The Morgan fingerprint density at radius 3 is 3.08 bits per heavy atom. The molecule has 0 aliphatic rings. The lowest BCUT2D eigenvalue weighted by Crippen LogP contribution is -2.30. The molecule has 0 saturated carbocycles. The van der Waals surface area contributed by atoms with Gasteiger partial charge in [-0.1, -0.05) is 5.16 Å². The van der Waals surface area contributed by atoms with E-state index in [1.807, 2.05) is 0 Å². The van der Waals surface area contributed by atoms with Crippen LogP contribution in [0.1, 0.15) is 5.82 Å². The third kappa shape index (κ3) is 3.97. The van der Waals surface area contributed by atoms with Crippen LogP contribution in [0, 0.1) is 0 Å². The Bertz CT molecular complexity index is 215. The summed E-state index contributed by atoms with van der Waals surface area (Å²) < 4.78 is 4.54. The fourth-order valence-corrected chi connectivity index (χ4v) is 0.836. The zero-order valence-electron chi connectivity index (χ0n) is 7.18. The molecular weight excluding hydrogens is 174 g/mol. The molecule has 0 aliphatic carbocycles. The number of aliphatic hydroxyl groups excluding tert-OH is 2. The van der Waals surface area contributed by atoms with Crippen LogP contribution in [0.25, 0.3) is 0 Å². The first kappa shape index (κ1) is 10.1. The van der Waals surface area contributed by atoms with Crippen LogP contribution in [0.5, 0.6) is 0 Å². The van der Waals surface area contributed by atoms with Gasteiger partial charge in [0.1, 0.15) is 0 Å². The van der Waals surface area contributed by atoms with E-state index in [1.165, 1.54) is 6.39 Å². The maximum absolute atomic E-state index is 8.95. The Labute approximate surface area is 75.6 Å². The van der Waals surface area contributed by atoms with Gasteiger partial charge in [-0.3, -0.25) is 0 Å². The van der Waals surface area contributed by atoms with Gasteiger partial charge in [-0.15, -0.1) is 0 Å².